The molecule has 1 aromatic carbocycles. The van der Waals surface area contributed by atoms with Crippen LogP contribution in [0.2, 0.25) is 0 Å². The minimum Gasteiger partial charge on any atom is -0.456 e. The Morgan fingerprint density at radius 1 is 1.06 bits per heavy atom. The van der Waals surface area contributed by atoms with E-state index in [1.54, 1.807) is 16.5 Å². The first kappa shape index (κ1) is 23.2. The zero-order chi connectivity index (χ0) is 23.4. The molecule has 1 amide bonds. The van der Waals surface area contributed by atoms with E-state index in [9.17, 15) is 9.59 Å². The first-order valence-electron chi connectivity index (χ1n) is 10.6. The summed E-state index contributed by atoms with van der Waals surface area (Å²) in [5.41, 5.74) is 6.62. The molecule has 0 aliphatic heterocycles. The summed E-state index contributed by atoms with van der Waals surface area (Å²) < 4.78 is 7.02. The number of rotatable bonds is 8. The van der Waals surface area contributed by atoms with Gasteiger partial charge in [-0.25, -0.2) is 9.50 Å². The molecule has 0 saturated heterocycles. The van der Waals surface area contributed by atoms with Crippen molar-refractivity contribution >= 4 is 23.2 Å². The number of hydrogen-bond donors (Lipinski definition) is 0. The molecule has 3 aromatic rings. The fraction of sp³-hybridized carbons (Fsp3) is 0.417. The summed E-state index contributed by atoms with van der Waals surface area (Å²) in [4.78, 5) is 32.8. The first-order valence-corrected chi connectivity index (χ1v) is 10.6. The quantitative estimate of drug-likeness (QED) is 0.504. The summed E-state index contributed by atoms with van der Waals surface area (Å²) in [5.74, 6) is -0.643. The lowest BCUT2D eigenvalue weighted by molar-refractivity contribution is -0.151. The number of fused-ring (bicyclic) bond motifs is 1. The maximum atomic E-state index is 12.4. The number of benzene rings is 1. The molecular weight excluding hydrogens is 406 g/mol. The van der Waals surface area contributed by atoms with E-state index in [0.29, 0.717) is 13.0 Å². The van der Waals surface area contributed by atoms with Gasteiger partial charge in [0.05, 0.1) is 5.69 Å². The van der Waals surface area contributed by atoms with Gasteiger partial charge in [-0.05, 0) is 50.5 Å². The standard InChI is InChI=1S/C24H31N5O3/c1-16-13-22-25-17(2)21(18(3)29(22)26-16)11-12-24(31)32-15-23(30)28(6)14-19-7-9-20(10-8-19)27(4)5/h7-10,13H,11-12,14-15H2,1-6H3. The lowest BCUT2D eigenvalue weighted by Gasteiger charge is -2.18. The van der Waals surface area contributed by atoms with Crippen molar-refractivity contribution < 1.29 is 14.3 Å². The van der Waals surface area contributed by atoms with Gasteiger partial charge in [-0.1, -0.05) is 12.1 Å². The van der Waals surface area contributed by atoms with Gasteiger partial charge in [-0.2, -0.15) is 5.10 Å². The molecular formula is C24H31N5O3. The Morgan fingerprint density at radius 3 is 2.41 bits per heavy atom. The van der Waals surface area contributed by atoms with Crippen LogP contribution in [-0.2, 0) is 27.3 Å². The number of esters is 1. The van der Waals surface area contributed by atoms with Crippen LogP contribution in [0.5, 0.6) is 0 Å². The number of amides is 1. The van der Waals surface area contributed by atoms with Gasteiger partial charge in [0.25, 0.3) is 5.91 Å². The maximum absolute atomic E-state index is 12.4. The summed E-state index contributed by atoms with van der Waals surface area (Å²) in [7, 11) is 5.67. The number of likely N-dealkylation sites (N-methyl/N-ethyl adjacent to an activating group) is 1. The minimum absolute atomic E-state index is 0.179. The van der Waals surface area contributed by atoms with E-state index >= 15 is 0 Å². The van der Waals surface area contributed by atoms with Gasteiger partial charge < -0.3 is 14.5 Å². The predicted octanol–water partition coefficient (Wildman–Crippen LogP) is 2.85. The number of hydrogen-bond acceptors (Lipinski definition) is 6. The van der Waals surface area contributed by atoms with E-state index in [4.69, 9.17) is 4.74 Å². The van der Waals surface area contributed by atoms with Crippen LogP contribution in [-0.4, -0.2) is 59.1 Å². The SMILES string of the molecule is Cc1cc2nc(C)c(CCC(=O)OCC(=O)N(C)Cc3ccc(N(C)C)cc3)c(C)n2n1. The van der Waals surface area contributed by atoms with Crippen molar-refractivity contribution in [1.29, 1.82) is 0 Å². The van der Waals surface area contributed by atoms with E-state index in [-0.39, 0.29) is 18.9 Å². The van der Waals surface area contributed by atoms with E-state index in [1.807, 2.05) is 70.1 Å². The van der Waals surface area contributed by atoms with Crippen LogP contribution in [0.15, 0.2) is 30.3 Å². The number of carbonyl (C=O) groups is 2. The zero-order valence-corrected chi connectivity index (χ0v) is 19.7. The number of ether oxygens (including phenoxy) is 1. The Kier molecular flexibility index (Phi) is 7.12. The Labute approximate surface area is 188 Å². The van der Waals surface area contributed by atoms with Crippen LogP contribution >= 0.6 is 0 Å². The van der Waals surface area contributed by atoms with Crippen LogP contribution in [0.1, 0.15) is 34.6 Å². The lowest BCUT2D eigenvalue weighted by atomic mass is 10.1. The van der Waals surface area contributed by atoms with E-state index in [2.05, 4.69) is 10.1 Å². The minimum atomic E-state index is -0.405. The molecule has 2 aromatic heterocycles. The molecule has 0 unspecified atom stereocenters. The molecule has 0 saturated carbocycles. The van der Waals surface area contributed by atoms with Gasteiger partial charge in [0.15, 0.2) is 12.3 Å². The van der Waals surface area contributed by atoms with E-state index in [1.165, 1.54) is 0 Å². The molecule has 0 atom stereocenters. The van der Waals surface area contributed by atoms with Crippen LogP contribution in [0, 0.1) is 20.8 Å². The van der Waals surface area contributed by atoms with Crippen LogP contribution in [0.4, 0.5) is 5.69 Å². The molecule has 8 heteroatoms. The highest BCUT2D eigenvalue weighted by Gasteiger charge is 2.16. The normalized spacial score (nSPS) is 10.9. The molecule has 0 radical (unpaired) electrons. The molecule has 3 rings (SSSR count). The largest absolute Gasteiger partial charge is 0.456 e. The highest BCUT2D eigenvalue weighted by molar-refractivity contribution is 5.80. The number of aromatic nitrogens is 3. The smallest absolute Gasteiger partial charge is 0.306 e. The molecule has 32 heavy (non-hydrogen) atoms. The fourth-order valence-corrected chi connectivity index (χ4v) is 3.62. The number of aryl methyl sites for hydroxylation is 3. The van der Waals surface area contributed by atoms with Crippen molar-refractivity contribution in [2.24, 2.45) is 0 Å². The van der Waals surface area contributed by atoms with Gasteiger partial charge in [0, 0.05) is 57.3 Å². The predicted molar refractivity (Wildman–Crippen MR) is 124 cm³/mol. The Hall–Kier alpha value is -3.42. The third-order valence-electron chi connectivity index (χ3n) is 5.52. The third kappa shape index (κ3) is 5.43. The summed E-state index contributed by atoms with van der Waals surface area (Å²) in [6, 6.07) is 9.92. The van der Waals surface area contributed by atoms with Crippen molar-refractivity contribution in [2.75, 3.05) is 32.6 Å². The highest BCUT2D eigenvalue weighted by Crippen LogP contribution is 2.17. The molecule has 170 valence electrons. The molecule has 0 bridgehead atoms. The number of nitrogens with zero attached hydrogens (tertiary/aromatic N) is 5. The lowest BCUT2D eigenvalue weighted by Crippen LogP contribution is -2.30. The topological polar surface area (TPSA) is 80.0 Å². The second kappa shape index (κ2) is 9.80. The van der Waals surface area contributed by atoms with Gasteiger partial charge in [-0.3, -0.25) is 9.59 Å². The van der Waals surface area contributed by atoms with Crippen LogP contribution in [0.3, 0.4) is 0 Å². The van der Waals surface area contributed by atoms with Gasteiger partial charge in [-0.15, -0.1) is 0 Å². The van der Waals surface area contributed by atoms with Gasteiger partial charge in [0.1, 0.15) is 0 Å². The summed E-state index contributed by atoms with van der Waals surface area (Å²) in [6.07, 6.45) is 0.665. The van der Waals surface area contributed by atoms with E-state index < -0.39 is 5.97 Å². The number of carbonyl (C=O) groups excluding carboxylic acids is 2. The molecule has 0 fully saturated rings. The average Bonchev–Trinajstić information content (AvgIpc) is 3.12. The Balaban J connectivity index is 1.50. The zero-order valence-electron chi connectivity index (χ0n) is 19.7. The van der Waals surface area contributed by atoms with Crippen LogP contribution < -0.4 is 4.90 Å². The summed E-state index contributed by atoms with van der Waals surface area (Å²) in [5, 5.41) is 4.45. The fourth-order valence-electron chi connectivity index (χ4n) is 3.62. The molecule has 8 nitrogen and oxygen atoms in total. The highest BCUT2D eigenvalue weighted by atomic mass is 16.5. The second-order valence-electron chi connectivity index (χ2n) is 8.29. The van der Waals surface area contributed by atoms with Crippen molar-refractivity contribution in [1.82, 2.24) is 19.5 Å². The molecule has 2 heterocycles. The molecule has 0 N–H and O–H groups in total. The van der Waals surface area contributed by atoms with Crippen molar-refractivity contribution in [3.63, 3.8) is 0 Å². The Morgan fingerprint density at radius 2 is 1.75 bits per heavy atom. The molecule has 0 aliphatic carbocycles. The van der Waals surface area contributed by atoms with E-state index in [0.717, 1.165) is 39.5 Å². The van der Waals surface area contributed by atoms with Crippen molar-refractivity contribution in [3.05, 3.63) is 58.5 Å². The van der Waals surface area contributed by atoms with Crippen molar-refractivity contribution in [3.8, 4) is 0 Å². The summed E-state index contributed by atoms with van der Waals surface area (Å²) >= 11 is 0. The second-order valence-corrected chi connectivity index (χ2v) is 8.29. The van der Waals surface area contributed by atoms with Crippen LogP contribution in [0.25, 0.3) is 5.65 Å². The van der Waals surface area contributed by atoms with Gasteiger partial charge >= 0.3 is 5.97 Å². The average molecular weight is 438 g/mol. The van der Waals surface area contributed by atoms with Gasteiger partial charge in [0.2, 0.25) is 0 Å². The first-order chi connectivity index (χ1) is 15.2. The molecule has 0 aliphatic rings. The monoisotopic (exact) mass is 437 g/mol. The van der Waals surface area contributed by atoms with Crippen molar-refractivity contribution in [2.45, 2.75) is 40.2 Å². The molecule has 0 spiro atoms. The summed E-state index contributed by atoms with van der Waals surface area (Å²) in [6.45, 7) is 6.02. The number of anilines is 1. The Bertz CT molecular complexity index is 1120. The maximum Gasteiger partial charge on any atom is 0.306 e. The third-order valence-corrected chi connectivity index (χ3v) is 5.52.